The first-order valence-electron chi connectivity index (χ1n) is 11.6. The van der Waals surface area contributed by atoms with Gasteiger partial charge in [-0.3, -0.25) is 4.90 Å². The van der Waals surface area contributed by atoms with Crippen molar-refractivity contribution < 1.29 is 0 Å². The van der Waals surface area contributed by atoms with E-state index in [0.717, 1.165) is 38.3 Å². The van der Waals surface area contributed by atoms with Crippen molar-refractivity contribution in [3.63, 3.8) is 0 Å². The predicted octanol–water partition coefficient (Wildman–Crippen LogP) is 4.52. The molecule has 0 fully saturated rings. The molecular weight excluding hydrogens is 370 g/mol. The van der Waals surface area contributed by atoms with Crippen LogP contribution in [0.4, 0.5) is 17.1 Å². The predicted molar refractivity (Wildman–Crippen MR) is 129 cm³/mol. The zero-order valence-corrected chi connectivity index (χ0v) is 19.6. The summed E-state index contributed by atoms with van der Waals surface area (Å²) >= 11 is 0. The fraction of sp³-hybridized carbons (Fsp3) is 0.600. The molecule has 3 heterocycles. The maximum absolute atomic E-state index is 6.22. The number of likely N-dealkylation sites (N-methyl/N-ethyl adjacent to an activating group) is 1. The van der Waals surface area contributed by atoms with Crippen LogP contribution in [0.3, 0.4) is 0 Å². The fourth-order valence-electron chi connectivity index (χ4n) is 5.36. The van der Waals surface area contributed by atoms with Crippen molar-refractivity contribution >= 4 is 17.1 Å². The first kappa shape index (κ1) is 21.1. The molecular formula is C25H39N5. The second-order valence-electron chi connectivity index (χ2n) is 9.90. The summed E-state index contributed by atoms with van der Waals surface area (Å²) in [4.78, 5) is 7.75. The molecule has 2 N–H and O–H groups in total. The van der Waals surface area contributed by atoms with E-state index in [4.69, 9.17) is 5.73 Å². The van der Waals surface area contributed by atoms with Crippen molar-refractivity contribution in [2.75, 3.05) is 35.7 Å². The van der Waals surface area contributed by atoms with E-state index in [2.05, 4.69) is 85.3 Å². The lowest BCUT2D eigenvalue weighted by Crippen LogP contribution is -2.53. The van der Waals surface area contributed by atoms with Gasteiger partial charge in [-0.25, -0.2) is 0 Å². The minimum atomic E-state index is 0.478. The average Bonchev–Trinajstić information content (AvgIpc) is 3.07. The maximum atomic E-state index is 6.22. The van der Waals surface area contributed by atoms with Gasteiger partial charge < -0.3 is 20.1 Å². The summed E-state index contributed by atoms with van der Waals surface area (Å²) in [7, 11) is 2.25. The molecule has 2 aromatic rings. The highest BCUT2D eigenvalue weighted by atomic mass is 15.3. The summed E-state index contributed by atoms with van der Waals surface area (Å²) in [6.45, 7) is 15.8. The molecule has 1 aromatic carbocycles. The van der Waals surface area contributed by atoms with Gasteiger partial charge in [0.15, 0.2) is 0 Å². The lowest BCUT2D eigenvalue weighted by Gasteiger charge is -2.48. The summed E-state index contributed by atoms with van der Waals surface area (Å²) in [5, 5.41) is 0. The van der Waals surface area contributed by atoms with E-state index in [1.165, 1.54) is 22.6 Å². The summed E-state index contributed by atoms with van der Waals surface area (Å²) in [5.41, 5.74) is 12.6. The van der Waals surface area contributed by atoms with E-state index in [9.17, 15) is 0 Å². The van der Waals surface area contributed by atoms with Crippen LogP contribution in [0.25, 0.3) is 0 Å². The zero-order valence-electron chi connectivity index (χ0n) is 19.6. The molecule has 2 unspecified atom stereocenters. The third kappa shape index (κ3) is 3.80. The number of nitrogen functional groups attached to an aromatic ring is 1. The van der Waals surface area contributed by atoms with Crippen LogP contribution in [0.15, 0.2) is 30.5 Å². The number of rotatable bonds is 5. The highest BCUT2D eigenvalue weighted by molar-refractivity contribution is 5.75. The van der Waals surface area contributed by atoms with Crippen LogP contribution in [-0.4, -0.2) is 47.7 Å². The van der Waals surface area contributed by atoms with Crippen molar-refractivity contribution in [2.45, 2.75) is 78.2 Å². The Morgan fingerprint density at radius 3 is 2.50 bits per heavy atom. The first-order chi connectivity index (χ1) is 14.3. The van der Waals surface area contributed by atoms with E-state index < -0.39 is 0 Å². The van der Waals surface area contributed by atoms with E-state index in [1.807, 2.05) is 6.07 Å². The standard InChI is InChI=1S/C25H39N5/c1-17(2)20-7-8-23-24(14-20)30(18(3)4)21(15-27(23)6)13-19(5)29-12-11-28-10-9-22(26)25(28)16-29/h7-10,14,17-19,21H,11-13,15-16,26H2,1-6H3. The number of nitrogens with zero attached hydrogens (tertiary/aromatic N) is 4. The Kier molecular flexibility index (Phi) is 5.75. The van der Waals surface area contributed by atoms with Crippen molar-refractivity contribution in [2.24, 2.45) is 0 Å². The Balaban J connectivity index is 1.56. The molecule has 0 saturated heterocycles. The number of hydrogen-bond acceptors (Lipinski definition) is 4. The summed E-state index contributed by atoms with van der Waals surface area (Å²) in [5.74, 6) is 0.545. The maximum Gasteiger partial charge on any atom is 0.0612 e. The number of fused-ring (bicyclic) bond motifs is 2. The molecule has 1 aromatic heterocycles. The first-order valence-corrected chi connectivity index (χ1v) is 11.6. The van der Waals surface area contributed by atoms with Crippen LogP contribution in [0.5, 0.6) is 0 Å². The van der Waals surface area contributed by atoms with Gasteiger partial charge in [0, 0.05) is 57.5 Å². The molecule has 2 aliphatic heterocycles. The van der Waals surface area contributed by atoms with E-state index in [0.29, 0.717) is 24.0 Å². The Morgan fingerprint density at radius 2 is 1.80 bits per heavy atom. The second-order valence-corrected chi connectivity index (χ2v) is 9.90. The normalized spacial score (nSPS) is 20.6. The van der Waals surface area contributed by atoms with Gasteiger partial charge in [0.05, 0.1) is 22.8 Å². The molecule has 4 rings (SSSR count). The largest absolute Gasteiger partial charge is 0.397 e. The van der Waals surface area contributed by atoms with Gasteiger partial charge in [0.25, 0.3) is 0 Å². The number of benzene rings is 1. The molecule has 5 heteroatoms. The highest BCUT2D eigenvalue weighted by Crippen LogP contribution is 2.39. The molecule has 164 valence electrons. The lowest BCUT2D eigenvalue weighted by atomic mass is 9.95. The van der Waals surface area contributed by atoms with Gasteiger partial charge in [0.2, 0.25) is 0 Å². The third-order valence-electron chi connectivity index (χ3n) is 7.12. The number of aromatic nitrogens is 1. The minimum absolute atomic E-state index is 0.478. The quantitative estimate of drug-likeness (QED) is 0.788. The zero-order chi connectivity index (χ0) is 21.6. The monoisotopic (exact) mass is 409 g/mol. The number of anilines is 3. The third-order valence-corrected chi connectivity index (χ3v) is 7.12. The van der Waals surface area contributed by atoms with Crippen molar-refractivity contribution in [3.05, 3.63) is 41.7 Å². The molecule has 2 aliphatic rings. The van der Waals surface area contributed by atoms with Crippen LogP contribution < -0.4 is 15.5 Å². The van der Waals surface area contributed by atoms with Gasteiger partial charge in [-0.05, 0) is 56.9 Å². The van der Waals surface area contributed by atoms with Gasteiger partial charge in [-0.2, -0.15) is 0 Å². The van der Waals surface area contributed by atoms with Crippen LogP contribution in [0.2, 0.25) is 0 Å². The average molecular weight is 410 g/mol. The van der Waals surface area contributed by atoms with Gasteiger partial charge in [-0.1, -0.05) is 19.9 Å². The summed E-state index contributed by atoms with van der Waals surface area (Å²) in [6.07, 6.45) is 3.29. The van der Waals surface area contributed by atoms with Crippen LogP contribution in [-0.2, 0) is 13.1 Å². The minimum Gasteiger partial charge on any atom is -0.397 e. The Bertz CT molecular complexity index is 884. The SMILES string of the molecule is CC(C)c1ccc2c(c1)N(C(C)C)C(CC(C)N1CCn3ccc(N)c3C1)CN2C. The lowest BCUT2D eigenvalue weighted by molar-refractivity contribution is 0.152. The van der Waals surface area contributed by atoms with Crippen LogP contribution >= 0.6 is 0 Å². The fourth-order valence-corrected chi connectivity index (χ4v) is 5.36. The molecule has 2 atom stereocenters. The Morgan fingerprint density at radius 1 is 1.03 bits per heavy atom. The number of hydrogen-bond donors (Lipinski definition) is 1. The van der Waals surface area contributed by atoms with Crippen molar-refractivity contribution in [1.29, 1.82) is 0 Å². The Labute approximate surface area is 182 Å². The molecule has 0 saturated carbocycles. The molecule has 5 nitrogen and oxygen atoms in total. The van der Waals surface area contributed by atoms with E-state index in [-0.39, 0.29) is 0 Å². The molecule has 0 spiro atoms. The molecule has 0 bridgehead atoms. The van der Waals surface area contributed by atoms with Gasteiger partial charge in [0.1, 0.15) is 0 Å². The van der Waals surface area contributed by atoms with E-state index in [1.54, 1.807) is 0 Å². The van der Waals surface area contributed by atoms with E-state index >= 15 is 0 Å². The summed E-state index contributed by atoms with van der Waals surface area (Å²) in [6, 6.07) is 10.6. The number of nitrogens with two attached hydrogens (primary N) is 1. The van der Waals surface area contributed by atoms with Crippen LogP contribution in [0, 0.1) is 0 Å². The van der Waals surface area contributed by atoms with Crippen molar-refractivity contribution in [1.82, 2.24) is 9.47 Å². The molecule has 0 aliphatic carbocycles. The molecule has 30 heavy (non-hydrogen) atoms. The second kappa shape index (κ2) is 8.18. The van der Waals surface area contributed by atoms with Crippen molar-refractivity contribution in [3.8, 4) is 0 Å². The molecule has 0 radical (unpaired) electrons. The van der Waals surface area contributed by atoms with Crippen LogP contribution in [0.1, 0.15) is 58.2 Å². The summed E-state index contributed by atoms with van der Waals surface area (Å²) < 4.78 is 2.32. The Hall–Kier alpha value is -2.14. The highest BCUT2D eigenvalue weighted by Gasteiger charge is 2.34. The van der Waals surface area contributed by atoms with Gasteiger partial charge in [-0.15, -0.1) is 0 Å². The smallest absolute Gasteiger partial charge is 0.0612 e. The van der Waals surface area contributed by atoms with Gasteiger partial charge >= 0.3 is 0 Å². The topological polar surface area (TPSA) is 40.7 Å². The molecule has 0 amide bonds.